The fraction of sp³-hybridized carbons (Fsp3) is 0.294. The van der Waals surface area contributed by atoms with Crippen molar-refractivity contribution in [1.29, 1.82) is 0 Å². The van der Waals surface area contributed by atoms with Crippen molar-refractivity contribution in [2.75, 3.05) is 6.26 Å². The van der Waals surface area contributed by atoms with Gasteiger partial charge in [0.2, 0.25) is 0 Å². The first kappa shape index (κ1) is 14.0. The van der Waals surface area contributed by atoms with Crippen molar-refractivity contribution in [3.8, 4) is 21.9 Å². The summed E-state index contributed by atoms with van der Waals surface area (Å²) in [5, 5.41) is 4.06. The van der Waals surface area contributed by atoms with E-state index < -0.39 is 0 Å². The fourth-order valence-electron chi connectivity index (χ4n) is 3.13. The van der Waals surface area contributed by atoms with Crippen LogP contribution < -0.4 is 0 Å². The van der Waals surface area contributed by atoms with E-state index in [-0.39, 0.29) is 5.41 Å². The predicted octanol–water partition coefficient (Wildman–Crippen LogP) is 5.02. The quantitative estimate of drug-likeness (QED) is 0.619. The number of thiophene rings is 1. The summed E-state index contributed by atoms with van der Waals surface area (Å²) in [6.45, 7) is 4.51. The highest BCUT2D eigenvalue weighted by Gasteiger charge is 2.38. The maximum absolute atomic E-state index is 5.63. The van der Waals surface area contributed by atoms with E-state index >= 15 is 0 Å². The van der Waals surface area contributed by atoms with Crippen LogP contribution in [-0.2, 0) is 11.8 Å². The molecular formula is C17H16N2OS2. The highest BCUT2D eigenvalue weighted by Crippen LogP contribution is 2.53. The maximum Gasteiger partial charge on any atom is 0.172 e. The van der Waals surface area contributed by atoms with Crippen molar-refractivity contribution in [1.82, 2.24) is 10.1 Å². The first-order valence-corrected chi connectivity index (χ1v) is 9.22. The van der Waals surface area contributed by atoms with E-state index in [0.29, 0.717) is 0 Å². The number of pyridine rings is 1. The lowest BCUT2D eigenvalue weighted by molar-refractivity contribution is 0.423. The number of thioether (sulfide) groups is 1. The molecule has 0 saturated carbocycles. The normalized spacial score (nSPS) is 15.4. The van der Waals surface area contributed by atoms with Crippen LogP contribution in [0.2, 0.25) is 0 Å². The zero-order chi connectivity index (χ0) is 15.3. The zero-order valence-corrected chi connectivity index (χ0v) is 14.3. The van der Waals surface area contributed by atoms with Crippen molar-refractivity contribution < 1.29 is 4.52 Å². The number of aromatic nitrogens is 2. The Hall–Kier alpha value is -1.59. The highest BCUT2D eigenvalue weighted by molar-refractivity contribution is 8.00. The molecule has 0 atom stereocenters. The lowest BCUT2D eigenvalue weighted by Gasteiger charge is -2.29. The van der Waals surface area contributed by atoms with Crippen LogP contribution >= 0.6 is 23.1 Å². The zero-order valence-electron chi connectivity index (χ0n) is 12.7. The Balaban J connectivity index is 2.01. The van der Waals surface area contributed by atoms with Crippen LogP contribution in [0.5, 0.6) is 0 Å². The van der Waals surface area contributed by atoms with E-state index in [0.717, 1.165) is 17.9 Å². The lowest BCUT2D eigenvalue weighted by atomic mass is 9.73. The average molecular weight is 328 g/mol. The summed E-state index contributed by atoms with van der Waals surface area (Å²) in [5.74, 6) is 0.939. The summed E-state index contributed by atoms with van der Waals surface area (Å²) < 4.78 is 6.91. The first-order valence-electron chi connectivity index (χ1n) is 7.18. The van der Waals surface area contributed by atoms with Crippen LogP contribution in [0.3, 0.4) is 0 Å². The Labute approximate surface area is 137 Å². The molecule has 3 aromatic rings. The van der Waals surface area contributed by atoms with Gasteiger partial charge in [-0.15, -0.1) is 23.1 Å². The minimum atomic E-state index is 0.0304. The van der Waals surface area contributed by atoms with Gasteiger partial charge in [0, 0.05) is 17.3 Å². The van der Waals surface area contributed by atoms with Gasteiger partial charge in [0.15, 0.2) is 5.76 Å². The Kier molecular flexibility index (Phi) is 3.16. The van der Waals surface area contributed by atoms with Gasteiger partial charge in [-0.3, -0.25) is 4.98 Å². The summed E-state index contributed by atoms with van der Waals surface area (Å²) in [4.78, 5) is 5.81. The molecule has 0 bridgehead atoms. The van der Waals surface area contributed by atoms with E-state index in [9.17, 15) is 0 Å². The molecule has 3 heterocycles. The standard InChI is InChI=1S/C17H16N2OS2/c1-17(2)8-10-13(14-11(17)9-19-20-14)16(21-3)22-15(10)12-6-4-5-7-18-12/h4-7,9H,8H2,1-3H3. The Morgan fingerprint density at radius 1 is 1.32 bits per heavy atom. The van der Waals surface area contributed by atoms with Crippen LogP contribution in [-0.4, -0.2) is 16.4 Å². The Morgan fingerprint density at radius 3 is 2.91 bits per heavy atom. The molecule has 22 heavy (non-hydrogen) atoms. The second-order valence-corrected chi connectivity index (χ2v) is 8.22. The van der Waals surface area contributed by atoms with E-state index in [1.807, 2.05) is 35.9 Å². The van der Waals surface area contributed by atoms with Crippen molar-refractivity contribution in [3.63, 3.8) is 0 Å². The first-order chi connectivity index (χ1) is 10.6. The van der Waals surface area contributed by atoms with Gasteiger partial charge in [-0.05, 0) is 35.8 Å². The van der Waals surface area contributed by atoms with E-state index in [4.69, 9.17) is 4.52 Å². The van der Waals surface area contributed by atoms with Gasteiger partial charge in [0.25, 0.3) is 0 Å². The third-order valence-corrected chi connectivity index (χ3v) is 6.58. The largest absolute Gasteiger partial charge is 0.356 e. The van der Waals surface area contributed by atoms with Gasteiger partial charge in [-0.1, -0.05) is 25.1 Å². The van der Waals surface area contributed by atoms with Gasteiger partial charge in [0.05, 0.1) is 21.0 Å². The summed E-state index contributed by atoms with van der Waals surface area (Å²) in [6, 6.07) is 6.08. The van der Waals surface area contributed by atoms with Crippen LogP contribution in [0, 0.1) is 0 Å². The van der Waals surface area contributed by atoms with Gasteiger partial charge in [0.1, 0.15) is 0 Å². The third-order valence-electron chi connectivity index (χ3n) is 4.20. The number of rotatable bonds is 2. The van der Waals surface area contributed by atoms with Crippen molar-refractivity contribution >= 4 is 23.1 Å². The molecule has 5 heteroatoms. The van der Waals surface area contributed by atoms with Gasteiger partial charge < -0.3 is 4.52 Å². The molecule has 0 amide bonds. The number of hydrogen-bond acceptors (Lipinski definition) is 5. The molecule has 0 aromatic carbocycles. The lowest BCUT2D eigenvalue weighted by Crippen LogP contribution is -2.24. The van der Waals surface area contributed by atoms with Gasteiger partial charge in [-0.25, -0.2) is 0 Å². The molecule has 0 fully saturated rings. The summed E-state index contributed by atoms with van der Waals surface area (Å²) in [6.07, 6.45) is 6.83. The molecule has 4 rings (SSSR count). The second kappa shape index (κ2) is 4.96. The SMILES string of the molecule is CSc1sc(-c2ccccn2)c2c1-c1oncc1C(C)(C)C2. The van der Waals surface area contributed by atoms with Crippen molar-refractivity contribution in [3.05, 3.63) is 41.7 Å². The predicted molar refractivity (Wildman–Crippen MR) is 91.6 cm³/mol. The van der Waals surface area contributed by atoms with Crippen molar-refractivity contribution in [2.45, 2.75) is 29.9 Å². The summed E-state index contributed by atoms with van der Waals surface area (Å²) >= 11 is 3.58. The molecule has 0 unspecified atom stereocenters. The minimum absolute atomic E-state index is 0.0304. The highest BCUT2D eigenvalue weighted by atomic mass is 32.2. The number of hydrogen-bond donors (Lipinski definition) is 0. The topological polar surface area (TPSA) is 38.9 Å². The molecule has 3 aromatic heterocycles. The maximum atomic E-state index is 5.63. The summed E-state index contributed by atoms with van der Waals surface area (Å²) in [7, 11) is 0. The average Bonchev–Trinajstić information content (AvgIpc) is 3.12. The van der Waals surface area contributed by atoms with E-state index in [1.54, 1.807) is 11.8 Å². The molecule has 0 saturated heterocycles. The minimum Gasteiger partial charge on any atom is -0.356 e. The molecule has 0 N–H and O–H groups in total. The fourth-order valence-corrected chi connectivity index (χ4v) is 5.16. The molecule has 3 nitrogen and oxygen atoms in total. The van der Waals surface area contributed by atoms with Crippen LogP contribution in [0.4, 0.5) is 0 Å². The molecule has 1 aliphatic carbocycles. The molecule has 0 radical (unpaired) electrons. The molecule has 0 spiro atoms. The molecular weight excluding hydrogens is 312 g/mol. The smallest absolute Gasteiger partial charge is 0.172 e. The van der Waals surface area contributed by atoms with Crippen LogP contribution in [0.15, 0.2) is 39.3 Å². The summed E-state index contributed by atoms with van der Waals surface area (Å²) in [5.41, 5.74) is 4.86. The monoisotopic (exact) mass is 328 g/mol. The third kappa shape index (κ3) is 1.96. The van der Waals surface area contributed by atoms with Crippen LogP contribution in [0.25, 0.3) is 21.9 Å². The van der Waals surface area contributed by atoms with E-state index in [2.05, 4.69) is 36.3 Å². The van der Waals surface area contributed by atoms with Gasteiger partial charge >= 0.3 is 0 Å². The van der Waals surface area contributed by atoms with Crippen LogP contribution in [0.1, 0.15) is 25.0 Å². The van der Waals surface area contributed by atoms with Gasteiger partial charge in [-0.2, -0.15) is 0 Å². The molecule has 0 aliphatic heterocycles. The van der Waals surface area contributed by atoms with Crippen molar-refractivity contribution in [2.24, 2.45) is 0 Å². The Morgan fingerprint density at radius 2 is 2.18 bits per heavy atom. The Bertz CT molecular complexity index is 834. The second-order valence-electron chi connectivity index (χ2n) is 6.12. The molecule has 112 valence electrons. The number of fused-ring (bicyclic) bond motifs is 3. The molecule has 1 aliphatic rings. The number of nitrogens with zero attached hydrogens (tertiary/aromatic N) is 2. The van der Waals surface area contributed by atoms with E-state index in [1.165, 1.54) is 25.8 Å².